The fourth-order valence-electron chi connectivity index (χ4n) is 1.72. The predicted octanol–water partition coefficient (Wildman–Crippen LogP) is 2.10. The van der Waals surface area contributed by atoms with Gasteiger partial charge in [0.05, 0.1) is 12.6 Å². The van der Waals surface area contributed by atoms with Gasteiger partial charge < -0.3 is 10.4 Å². The maximum atomic E-state index is 9.36. The lowest BCUT2D eigenvalue weighted by molar-refractivity contribution is 0.273. The van der Waals surface area contributed by atoms with E-state index in [4.69, 9.17) is 0 Å². The normalized spacial score (nSPS) is 12.1. The summed E-state index contributed by atoms with van der Waals surface area (Å²) >= 11 is 0. The number of pyridine rings is 1. The Balaban J connectivity index is 1.98. The first-order chi connectivity index (χ1) is 8.38. The number of nitrogens with zero attached hydrogens (tertiary/aromatic N) is 1. The zero-order valence-corrected chi connectivity index (χ0v) is 9.58. The van der Waals surface area contributed by atoms with Crippen molar-refractivity contribution in [3.63, 3.8) is 0 Å². The fourth-order valence-corrected chi connectivity index (χ4v) is 1.72. The van der Waals surface area contributed by atoms with Crippen LogP contribution in [-0.2, 0) is 6.42 Å². The van der Waals surface area contributed by atoms with Crippen molar-refractivity contribution >= 4 is 5.82 Å². The minimum atomic E-state index is -0.00713. The van der Waals surface area contributed by atoms with E-state index >= 15 is 0 Å². The first-order valence-electron chi connectivity index (χ1n) is 5.71. The standard InChI is InChI=1S/C14H16N2O/c17-11-13(10-12-6-2-1-3-7-12)16-14-8-4-5-9-15-14/h1-9,13,17H,10-11H2,(H,15,16). The molecule has 88 valence electrons. The van der Waals surface area contributed by atoms with Crippen LogP contribution in [0.15, 0.2) is 54.7 Å². The zero-order chi connectivity index (χ0) is 11.9. The molecule has 2 aromatic rings. The summed E-state index contributed by atoms with van der Waals surface area (Å²) in [6.45, 7) is 0.0888. The van der Waals surface area contributed by atoms with Crippen molar-refractivity contribution in [1.82, 2.24) is 4.98 Å². The second-order valence-corrected chi connectivity index (χ2v) is 3.93. The Bertz CT molecular complexity index is 389. The average Bonchev–Trinajstić information content (AvgIpc) is 2.40. The molecule has 0 radical (unpaired) electrons. The number of aliphatic hydroxyl groups excluding tert-OH is 1. The van der Waals surface area contributed by atoms with E-state index in [1.54, 1.807) is 6.20 Å². The lowest BCUT2D eigenvalue weighted by Gasteiger charge is -2.16. The molecule has 1 aromatic carbocycles. The molecule has 0 saturated heterocycles. The number of aliphatic hydroxyl groups is 1. The largest absolute Gasteiger partial charge is 0.394 e. The van der Waals surface area contributed by atoms with Gasteiger partial charge in [-0.2, -0.15) is 0 Å². The van der Waals surface area contributed by atoms with Crippen LogP contribution in [0.5, 0.6) is 0 Å². The minimum absolute atomic E-state index is 0.00713. The first kappa shape index (κ1) is 11.6. The van der Waals surface area contributed by atoms with Crippen LogP contribution in [0.3, 0.4) is 0 Å². The van der Waals surface area contributed by atoms with Gasteiger partial charge in [-0.1, -0.05) is 36.4 Å². The van der Waals surface area contributed by atoms with Crippen LogP contribution in [0.4, 0.5) is 5.82 Å². The van der Waals surface area contributed by atoms with Crippen molar-refractivity contribution in [2.75, 3.05) is 11.9 Å². The van der Waals surface area contributed by atoms with Gasteiger partial charge in [-0.3, -0.25) is 0 Å². The van der Waals surface area contributed by atoms with Crippen molar-refractivity contribution in [3.8, 4) is 0 Å². The van der Waals surface area contributed by atoms with Gasteiger partial charge >= 0.3 is 0 Å². The second-order valence-electron chi connectivity index (χ2n) is 3.93. The van der Waals surface area contributed by atoms with Gasteiger partial charge in [-0.05, 0) is 24.1 Å². The molecule has 1 heterocycles. The van der Waals surface area contributed by atoms with E-state index in [1.165, 1.54) is 5.56 Å². The lowest BCUT2D eigenvalue weighted by atomic mass is 10.1. The molecule has 3 heteroatoms. The maximum absolute atomic E-state index is 9.36. The van der Waals surface area contributed by atoms with Crippen molar-refractivity contribution in [2.24, 2.45) is 0 Å². The molecule has 0 fully saturated rings. The number of hydrogen-bond acceptors (Lipinski definition) is 3. The minimum Gasteiger partial charge on any atom is -0.394 e. The van der Waals surface area contributed by atoms with Crippen LogP contribution in [-0.4, -0.2) is 22.7 Å². The number of benzene rings is 1. The molecule has 1 unspecified atom stereocenters. The third-order valence-electron chi connectivity index (χ3n) is 2.56. The van der Waals surface area contributed by atoms with Gasteiger partial charge in [0.1, 0.15) is 5.82 Å². The average molecular weight is 228 g/mol. The van der Waals surface area contributed by atoms with Gasteiger partial charge in [0.2, 0.25) is 0 Å². The third-order valence-corrected chi connectivity index (χ3v) is 2.56. The van der Waals surface area contributed by atoms with E-state index in [0.717, 1.165) is 12.2 Å². The Morgan fingerprint density at radius 2 is 1.82 bits per heavy atom. The summed E-state index contributed by atoms with van der Waals surface area (Å²) in [5.41, 5.74) is 1.20. The molecule has 0 amide bonds. The molecule has 17 heavy (non-hydrogen) atoms. The van der Waals surface area contributed by atoms with Crippen molar-refractivity contribution in [3.05, 3.63) is 60.3 Å². The summed E-state index contributed by atoms with van der Waals surface area (Å²) in [5.74, 6) is 0.794. The molecule has 1 aromatic heterocycles. The topological polar surface area (TPSA) is 45.1 Å². The highest BCUT2D eigenvalue weighted by Crippen LogP contribution is 2.08. The summed E-state index contributed by atoms with van der Waals surface area (Å²) in [5, 5.41) is 12.6. The summed E-state index contributed by atoms with van der Waals surface area (Å²) in [7, 11) is 0. The molecular formula is C14H16N2O. The number of aromatic nitrogens is 1. The van der Waals surface area contributed by atoms with E-state index in [-0.39, 0.29) is 12.6 Å². The smallest absolute Gasteiger partial charge is 0.126 e. The molecule has 0 aliphatic rings. The summed E-state index contributed by atoms with van der Waals surface area (Å²) < 4.78 is 0. The van der Waals surface area contributed by atoms with E-state index in [2.05, 4.69) is 22.4 Å². The highest BCUT2D eigenvalue weighted by atomic mass is 16.3. The Morgan fingerprint density at radius 1 is 1.06 bits per heavy atom. The lowest BCUT2D eigenvalue weighted by Crippen LogP contribution is -2.26. The first-order valence-corrected chi connectivity index (χ1v) is 5.71. The Hall–Kier alpha value is -1.87. The molecule has 0 aliphatic carbocycles. The van der Waals surface area contributed by atoms with Crippen molar-refractivity contribution in [2.45, 2.75) is 12.5 Å². The molecule has 0 aliphatic heterocycles. The van der Waals surface area contributed by atoms with Crippen LogP contribution < -0.4 is 5.32 Å². The van der Waals surface area contributed by atoms with Gasteiger partial charge in [-0.15, -0.1) is 0 Å². The highest BCUT2D eigenvalue weighted by Gasteiger charge is 2.08. The van der Waals surface area contributed by atoms with Gasteiger partial charge in [-0.25, -0.2) is 4.98 Å². The second kappa shape index (κ2) is 6.01. The van der Waals surface area contributed by atoms with Crippen LogP contribution in [0, 0.1) is 0 Å². The summed E-state index contributed by atoms with van der Waals surface area (Å²) in [4.78, 5) is 4.19. The van der Waals surface area contributed by atoms with Crippen LogP contribution in [0.2, 0.25) is 0 Å². The molecule has 2 N–H and O–H groups in total. The quantitative estimate of drug-likeness (QED) is 0.823. The summed E-state index contributed by atoms with van der Waals surface area (Å²) in [6.07, 6.45) is 2.52. The third kappa shape index (κ3) is 3.57. The monoisotopic (exact) mass is 228 g/mol. The number of anilines is 1. The van der Waals surface area contributed by atoms with Crippen LogP contribution >= 0.6 is 0 Å². The number of nitrogens with one attached hydrogen (secondary N) is 1. The zero-order valence-electron chi connectivity index (χ0n) is 9.58. The van der Waals surface area contributed by atoms with Gasteiger partial charge in [0.15, 0.2) is 0 Å². The molecule has 0 bridgehead atoms. The molecule has 1 atom stereocenters. The van der Waals surface area contributed by atoms with Crippen LogP contribution in [0.25, 0.3) is 0 Å². The van der Waals surface area contributed by atoms with Crippen molar-refractivity contribution < 1.29 is 5.11 Å². The number of hydrogen-bond donors (Lipinski definition) is 2. The Morgan fingerprint density at radius 3 is 2.47 bits per heavy atom. The maximum Gasteiger partial charge on any atom is 0.126 e. The Labute approximate surface area is 101 Å². The van der Waals surface area contributed by atoms with Gasteiger partial charge in [0, 0.05) is 6.20 Å². The van der Waals surface area contributed by atoms with E-state index in [1.807, 2.05) is 36.4 Å². The molecular weight excluding hydrogens is 212 g/mol. The molecule has 0 saturated carbocycles. The molecule has 0 spiro atoms. The van der Waals surface area contributed by atoms with E-state index in [0.29, 0.717) is 0 Å². The van der Waals surface area contributed by atoms with Crippen LogP contribution in [0.1, 0.15) is 5.56 Å². The highest BCUT2D eigenvalue weighted by molar-refractivity contribution is 5.35. The SMILES string of the molecule is OCC(Cc1ccccc1)Nc1ccccn1. The molecule has 3 nitrogen and oxygen atoms in total. The van der Waals surface area contributed by atoms with E-state index in [9.17, 15) is 5.11 Å². The van der Waals surface area contributed by atoms with Crippen molar-refractivity contribution in [1.29, 1.82) is 0 Å². The fraction of sp³-hybridized carbons (Fsp3) is 0.214. The summed E-state index contributed by atoms with van der Waals surface area (Å²) in [6, 6.07) is 15.8. The van der Waals surface area contributed by atoms with Gasteiger partial charge in [0.25, 0.3) is 0 Å². The number of rotatable bonds is 5. The van der Waals surface area contributed by atoms with E-state index < -0.39 is 0 Å². The Kier molecular flexibility index (Phi) is 4.11. The molecule has 2 rings (SSSR count). The predicted molar refractivity (Wildman–Crippen MR) is 68.9 cm³/mol.